The first-order valence-electron chi connectivity index (χ1n) is 9.35. The summed E-state index contributed by atoms with van der Waals surface area (Å²) in [5, 5.41) is 2.84. The molecule has 0 aliphatic rings. The highest BCUT2D eigenvalue weighted by atomic mass is 32.2. The zero-order valence-electron chi connectivity index (χ0n) is 17.8. The van der Waals surface area contributed by atoms with Gasteiger partial charge in [-0.25, -0.2) is 8.42 Å². The summed E-state index contributed by atoms with van der Waals surface area (Å²) in [6.07, 6.45) is 1.06. The van der Waals surface area contributed by atoms with Gasteiger partial charge in [0.1, 0.15) is 5.75 Å². The maximum atomic E-state index is 12.3. The molecule has 1 amide bonds. The average Bonchev–Trinajstić information content (AvgIpc) is 2.72. The van der Waals surface area contributed by atoms with Crippen molar-refractivity contribution in [2.45, 2.75) is 19.4 Å². The Hall–Kier alpha value is -2.94. The summed E-state index contributed by atoms with van der Waals surface area (Å²) in [6, 6.07) is 12.1. The summed E-state index contributed by atoms with van der Waals surface area (Å²) >= 11 is 0. The Morgan fingerprint density at radius 1 is 1.07 bits per heavy atom. The van der Waals surface area contributed by atoms with Crippen molar-refractivity contribution in [2.75, 3.05) is 38.4 Å². The molecule has 2 rings (SSSR count). The molecule has 1 N–H and O–H groups in total. The van der Waals surface area contributed by atoms with Gasteiger partial charge in [-0.2, -0.15) is 0 Å². The van der Waals surface area contributed by atoms with Gasteiger partial charge in [-0.3, -0.25) is 9.10 Å². The van der Waals surface area contributed by atoms with Crippen molar-refractivity contribution in [3.63, 3.8) is 0 Å². The third-order valence-corrected chi connectivity index (χ3v) is 5.75. The van der Waals surface area contributed by atoms with E-state index in [0.29, 0.717) is 35.9 Å². The minimum atomic E-state index is -3.33. The molecule has 0 heterocycles. The molecular formula is C21H28N2O6S. The predicted octanol–water partition coefficient (Wildman–Crippen LogP) is 2.23. The van der Waals surface area contributed by atoms with Crippen molar-refractivity contribution in [1.82, 2.24) is 5.32 Å². The summed E-state index contributed by atoms with van der Waals surface area (Å²) in [4.78, 5) is 12.3. The van der Waals surface area contributed by atoms with E-state index in [4.69, 9.17) is 14.2 Å². The molecule has 0 spiro atoms. The molecule has 0 saturated heterocycles. The Labute approximate surface area is 177 Å². The van der Waals surface area contributed by atoms with Crippen LogP contribution in [-0.2, 0) is 21.2 Å². The highest BCUT2D eigenvalue weighted by Gasteiger charge is 2.16. The van der Waals surface area contributed by atoms with Crippen LogP contribution in [-0.4, -0.2) is 54.5 Å². The molecule has 0 saturated carbocycles. The second-order valence-electron chi connectivity index (χ2n) is 6.71. The molecule has 9 heteroatoms. The number of ether oxygens (including phenoxy) is 3. The number of nitrogens with one attached hydrogen (secondary N) is 1. The molecule has 2 aromatic carbocycles. The number of amides is 1. The summed E-state index contributed by atoms with van der Waals surface area (Å²) in [5.74, 6) is 1.53. The van der Waals surface area contributed by atoms with Crippen LogP contribution in [0, 0.1) is 0 Å². The fourth-order valence-electron chi connectivity index (χ4n) is 2.69. The van der Waals surface area contributed by atoms with Gasteiger partial charge in [0.05, 0.1) is 26.2 Å². The Morgan fingerprint density at radius 2 is 1.70 bits per heavy atom. The highest BCUT2D eigenvalue weighted by Crippen LogP contribution is 2.27. The summed E-state index contributed by atoms with van der Waals surface area (Å²) < 4.78 is 40.5. The first kappa shape index (κ1) is 23.3. The van der Waals surface area contributed by atoms with Crippen molar-refractivity contribution < 1.29 is 27.4 Å². The Morgan fingerprint density at radius 3 is 2.27 bits per heavy atom. The number of carbonyl (C=O) groups is 1. The Balaban J connectivity index is 1.86. The normalized spacial score (nSPS) is 12.0. The van der Waals surface area contributed by atoms with Gasteiger partial charge in [-0.15, -0.1) is 0 Å². The number of benzene rings is 2. The second kappa shape index (κ2) is 10.2. The molecule has 164 valence electrons. The molecule has 1 unspecified atom stereocenters. The number of sulfonamides is 1. The standard InChI is InChI=1S/C21H28N2O6S/c1-15(29-18-9-7-17(8-10-18)23(2)30(5,25)26)21(24)22-13-12-16-6-11-19(27-3)20(14-16)28-4/h6-11,14-15H,12-13H2,1-5H3,(H,22,24). The zero-order chi connectivity index (χ0) is 22.3. The first-order valence-corrected chi connectivity index (χ1v) is 11.2. The van der Waals surface area contributed by atoms with Gasteiger partial charge >= 0.3 is 0 Å². The monoisotopic (exact) mass is 436 g/mol. The van der Waals surface area contributed by atoms with E-state index in [-0.39, 0.29) is 5.91 Å². The lowest BCUT2D eigenvalue weighted by Gasteiger charge is -2.18. The van der Waals surface area contributed by atoms with Gasteiger partial charge in [0.15, 0.2) is 17.6 Å². The van der Waals surface area contributed by atoms with E-state index >= 15 is 0 Å². The molecule has 30 heavy (non-hydrogen) atoms. The van der Waals surface area contributed by atoms with Gasteiger partial charge < -0.3 is 19.5 Å². The molecular weight excluding hydrogens is 408 g/mol. The number of hydrogen-bond acceptors (Lipinski definition) is 6. The largest absolute Gasteiger partial charge is 0.493 e. The smallest absolute Gasteiger partial charge is 0.260 e. The topological polar surface area (TPSA) is 94.2 Å². The van der Waals surface area contributed by atoms with Gasteiger partial charge in [-0.1, -0.05) is 6.07 Å². The fourth-order valence-corrected chi connectivity index (χ4v) is 3.20. The van der Waals surface area contributed by atoms with Gasteiger partial charge in [0.25, 0.3) is 5.91 Å². The molecule has 0 aliphatic heterocycles. The predicted molar refractivity (Wildman–Crippen MR) is 116 cm³/mol. The lowest BCUT2D eigenvalue weighted by atomic mass is 10.1. The third kappa shape index (κ3) is 6.28. The molecule has 0 fully saturated rings. The number of nitrogens with zero attached hydrogens (tertiary/aromatic N) is 1. The van der Waals surface area contributed by atoms with E-state index in [1.54, 1.807) is 45.4 Å². The fraction of sp³-hybridized carbons (Fsp3) is 0.381. The van der Waals surface area contributed by atoms with Gasteiger partial charge in [-0.05, 0) is 55.3 Å². The highest BCUT2D eigenvalue weighted by molar-refractivity contribution is 7.92. The Bertz CT molecular complexity index is 960. The van der Waals surface area contributed by atoms with Crippen molar-refractivity contribution in [3.05, 3.63) is 48.0 Å². The molecule has 2 aromatic rings. The molecule has 0 aliphatic carbocycles. The SMILES string of the molecule is COc1ccc(CCNC(=O)C(C)Oc2ccc(N(C)S(C)(=O)=O)cc2)cc1OC. The Kier molecular flexibility index (Phi) is 7.93. The lowest BCUT2D eigenvalue weighted by molar-refractivity contribution is -0.127. The van der Waals surface area contributed by atoms with Crippen LogP contribution in [0.5, 0.6) is 17.2 Å². The van der Waals surface area contributed by atoms with Crippen LogP contribution in [0.3, 0.4) is 0 Å². The van der Waals surface area contributed by atoms with Crippen LogP contribution in [0.1, 0.15) is 12.5 Å². The van der Waals surface area contributed by atoms with E-state index in [1.165, 1.54) is 11.4 Å². The van der Waals surface area contributed by atoms with Crippen molar-refractivity contribution in [1.29, 1.82) is 0 Å². The van der Waals surface area contributed by atoms with Crippen LogP contribution < -0.4 is 23.8 Å². The van der Waals surface area contributed by atoms with Crippen LogP contribution >= 0.6 is 0 Å². The number of methoxy groups -OCH3 is 2. The summed E-state index contributed by atoms with van der Waals surface area (Å²) in [7, 11) is 1.30. The zero-order valence-corrected chi connectivity index (χ0v) is 18.7. The van der Waals surface area contributed by atoms with E-state index in [9.17, 15) is 13.2 Å². The van der Waals surface area contributed by atoms with E-state index in [1.807, 2.05) is 18.2 Å². The van der Waals surface area contributed by atoms with E-state index < -0.39 is 16.1 Å². The quantitative estimate of drug-likeness (QED) is 0.614. The van der Waals surface area contributed by atoms with Crippen molar-refractivity contribution in [2.24, 2.45) is 0 Å². The van der Waals surface area contributed by atoms with Crippen molar-refractivity contribution >= 4 is 21.6 Å². The third-order valence-electron chi connectivity index (χ3n) is 4.54. The minimum Gasteiger partial charge on any atom is -0.493 e. The maximum Gasteiger partial charge on any atom is 0.260 e. The van der Waals surface area contributed by atoms with Crippen LogP contribution in [0.25, 0.3) is 0 Å². The summed E-state index contributed by atoms with van der Waals surface area (Å²) in [5.41, 5.74) is 1.52. The first-order chi connectivity index (χ1) is 14.2. The number of hydrogen-bond donors (Lipinski definition) is 1. The number of anilines is 1. The molecule has 0 bridgehead atoms. The van der Waals surface area contributed by atoms with E-state index in [2.05, 4.69) is 5.32 Å². The van der Waals surface area contributed by atoms with Crippen LogP contribution in [0.4, 0.5) is 5.69 Å². The molecule has 0 aromatic heterocycles. The molecule has 1 atom stereocenters. The van der Waals surface area contributed by atoms with Crippen molar-refractivity contribution in [3.8, 4) is 17.2 Å². The second-order valence-corrected chi connectivity index (χ2v) is 8.73. The van der Waals surface area contributed by atoms with Gasteiger partial charge in [0, 0.05) is 13.6 Å². The van der Waals surface area contributed by atoms with Crippen LogP contribution in [0.2, 0.25) is 0 Å². The number of carbonyl (C=O) groups excluding carboxylic acids is 1. The van der Waals surface area contributed by atoms with Gasteiger partial charge in [0.2, 0.25) is 10.0 Å². The summed E-state index contributed by atoms with van der Waals surface area (Å²) in [6.45, 7) is 2.10. The molecule has 0 radical (unpaired) electrons. The average molecular weight is 437 g/mol. The number of rotatable bonds is 10. The maximum absolute atomic E-state index is 12.3. The lowest BCUT2D eigenvalue weighted by Crippen LogP contribution is -2.37. The van der Waals surface area contributed by atoms with E-state index in [0.717, 1.165) is 11.8 Å². The molecule has 8 nitrogen and oxygen atoms in total. The minimum absolute atomic E-state index is 0.243. The van der Waals surface area contributed by atoms with Crippen LogP contribution in [0.15, 0.2) is 42.5 Å².